The standard InChI is InChI=1S/C13H13NO2/c15-13(16)8-5-11-3-6-12(7-4-11)14-9-1-2-10-14/h1-8H,9-10H2,(H,15,16)/b8-5+. The smallest absolute Gasteiger partial charge is 0.328 e. The van der Waals surface area contributed by atoms with Crippen LogP contribution in [0.25, 0.3) is 6.08 Å². The molecule has 0 atom stereocenters. The van der Waals surface area contributed by atoms with Gasteiger partial charge in [-0.15, -0.1) is 0 Å². The molecule has 0 saturated carbocycles. The third-order valence-electron chi connectivity index (χ3n) is 2.49. The van der Waals surface area contributed by atoms with Crippen molar-refractivity contribution < 1.29 is 9.90 Å². The number of aliphatic carboxylic acids is 1. The molecule has 0 aliphatic carbocycles. The zero-order valence-electron chi connectivity index (χ0n) is 8.84. The summed E-state index contributed by atoms with van der Waals surface area (Å²) in [6.45, 7) is 1.90. The highest BCUT2D eigenvalue weighted by atomic mass is 16.4. The van der Waals surface area contributed by atoms with Crippen LogP contribution in [0.2, 0.25) is 0 Å². The van der Waals surface area contributed by atoms with Gasteiger partial charge in [-0.2, -0.15) is 0 Å². The first-order chi connectivity index (χ1) is 7.75. The zero-order valence-corrected chi connectivity index (χ0v) is 8.84. The monoisotopic (exact) mass is 215 g/mol. The summed E-state index contributed by atoms with van der Waals surface area (Å²) in [7, 11) is 0. The topological polar surface area (TPSA) is 40.5 Å². The van der Waals surface area contributed by atoms with Crippen LogP contribution in [0.4, 0.5) is 5.69 Å². The van der Waals surface area contributed by atoms with Gasteiger partial charge in [-0.05, 0) is 23.8 Å². The van der Waals surface area contributed by atoms with Gasteiger partial charge in [0, 0.05) is 24.9 Å². The summed E-state index contributed by atoms with van der Waals surface area (Å²) >= 11 is 0. The van der Waals surface area contributed by atoms with Gasteiger partial charge in [-0.1, -0.05) is 24.3 Å². The Balaban J connectivity index is 2.07. The first kappa shape index (κ1) is 10.5. The highest BCUT2D eigenvalue weighted by Crippen LogP contribution is 2.17. The number of carboxylic acids is 1. The lowest BCUT2D eigenvalue weighted by Gasteiger charge is -2.17. The first-order valence-electron chi connectivity index (χ1n) is 5.17. The number of carbonyl (C=O) groups is 1. The van der Waals surface area contributed by atoms with E-state index in [0.29, 0.717) is 0 Å². The van der Waals surface area contributed by atoms with Gasteiger partial charge < -0.3 is 10.0 Å². The van der Waals surface area contributed by atoms with Crippen molar-refractivity contribution in [3.63, 3.8) is 0 Å². The number of hydrogen-bond donors (Lipinski definition) is 1. The molecule has 0 radical (unpaired) electrons. The molecular formula is C13H13NO2. The van der Waals surface area contributed by atoms with Crippen LogP contribution < -0.4 is 4.90 Å². The third-order valence-corrected chi connectivity index (χ3v) is 2.49. The Hall–Kier alpha value is -2.03. The van der Waals surface area contributed by atoms with Gasteiger partial charge >= 0.3 is 5.97 Å². The van der Waals surface area contributed by atoms with E-state index in [1.807, 2.05) is 24.3 Å². The molecular weight excluding hydrogens is 202 g/mol. The number of carboxylic acid groups (broad SMARTS) is 1. The lowest BCUT2D eigenvalue weighted by molar-refractivity contribution is -0.131. The summed E-state index contributed by atoms with van der Waals surface area (Å²) in [5.41, 5.74) is 2.07. The average molecular weight is 215 g/mol. The molecule has 0 saturated heterocycles. The molecule has 0 amide bonds. The van der Waals surface area contributed by atoms with E-state index >= 15 is 0 Å². The van der Waals surface area contributed by atoms with Gasteiger partial charge in [0.15, 0.2) is 0 Å². The van der Waals surface area contributed by atoms with Crippen LogP contribution in [0.3, 0.4) is 0 Å². The lowest BCUT2D eigenvalue weighted by atomic mass is 10.2. The SMILES string of the molecule is O=C(O)/C=C/c1ccc(N2CC=CC2)cc1. The molecule has 0 bridgehead atoms. The zero-order chi connectivity index (χ0) is 11.4. The fraction of sp³-hybridized carbons (Fsp3) is 0.154. The molecule has 0 unspecified atom stereocenters. The summed E-state index contributed by atoms with van der Waals surface area (Å²) in [6, 6.07) is 7.86. The van der Waals surface area contributed by atoms with E-state index < -0.39 is 5.97 Å². The number of rotatable bonds is 3. The molecule has 1 aliphatic rings. The maximum atomic E-state index is 10.3. The van der Waals surface area contributed by atoms with Crippen LogP contribution >= 0.6 is 0 Å². The highest BCUT2D eigenvalue weighted by molar-refractivity contribution is 5.85. The Bertz CT molecular complexity index is 424. The summed E-state index contributed by atoms with van der Waals surface area (Å²) < 4.78 is 0. The minimum Gasteiger partial charge on any atom is -0.478 e. The molecule has 0 spiro atoms. The fourth-order valence-electron chi connectivity index (χ4n) is 1.65. The number of benzene rings is 1. The quantitative estimate of drug-likeness (QED) is 0.620. The molecule has 1 aromatic rings. The molecule has 82 valence electrons. The summed E-state index contributed by atoms with van der Waals surface area (Å²) in [5, 5.41) is 8.50. The lowest BCUT2D eigenvalue weighted by Crippen LogP contribution is -2.18. The Kier molecular flexibility index (Phi) is 3.05. The Labute approximate surface area is 94.3 Å². The van der Waals surface area contributed by atoms with Crippen molar-refractivity contribution >= 4 is 17.7 Å². The van der Waals surface area contributed by atoms with Crippen molar-refractivity contribution in [1.82, 2.24) is 0 Å². The predicted molar refractivity (Wildman–Crippen MR) is 64.5 cm³/mol. The van der Waals surface area contributed by atoms with E-state index in [2.05, 4.69) is 17.1 Å². The summed E-state index contributed by atoms with van der Waals surface area (Å²) in [6.07, 6.45) is 7.01. The van der Waals surface area contributed by atoms with Crippen molar-refractivity contribution in [3.05, 3.63) is 48.1 Å². The minimum absolute atomic E-state index is 0.901. The van der Waals surface area contributed by atoms with Crippen molar-refractivity contribution in [2.75, 3.05) is 18.0 Å². The molecule has 16 heavy (non-hydrogen) atoms. The van der Waals surface area contributed by atoms with E-state index in [1.54, 1.807) is 6.08 Å². The molecule has 1 N–H and O–H groups in total. The normalized spacial score (nSPS) is 14.9. The van der Waals surface area contributed by atoms with Crippen LogP contribution in [-0.4, -0.2) is 24.2 Å². The maximum absolute atomic E-state index is 10.3. The van der Waals surface area contributed by atoms with Crippen molar-refractivity contribution in [3.8, 4) is 0 Å². The van der Waals surface area contributed by atoms with Crippen LogP contribution in [0.1, 0.15) is 5.56 Å². The van der Waals surface area contributed by atoms with Gasteiger partial charge in [-0.3, -0.25) is 0 Å². The largest absolute Gasteiger partial charge is 0.478 e. The molecule has 0 fully saturated rings. The molecule has 3 heteroatoms. The van der Waals surface area contributed by atoms with Crippen molar-refractivity contribution in [1.29, 1.82) is 0 Å². The predicted octanol–water partition coefficient (Wildman–Crippen LogP) is 2.16. The summed E-state index contributed by atoms with van der Waals surface area (Å²) in [5.74, 6) is -0.923. The Morgan fingerprint density at radius 3 is 2.38 bits per heavy atom. The average Bonchev–Trinajstić information content (AvgIpc) is 2.80. The Morgan fingerprint density at radius 1 is 1.19 bits per heavy atom. The summed E-state index contributed by atoms with van der Waals surface area (Å²) in [4.78, 5) is 12.6. The van der Waals surface area contributed by atoms with Gasteiger partial charge in [0.1, 0.15) is 0 Å². The Morgan fingerprint density at radius 2 is 1.81 bits per heavy atom. The van der Waals surface area contributed by atoms with Crippen LogP contribution in [0.15, 0.2) is 42.5 Å². The molecule has 0 aromatic heterocycles. The van der Waals surface area contributed by atoms with Gasteiger partial charge in [0.2, 0.25) is 0 Å². The van der Waals surface area contributed by atoms with E-state index in [0.717, 1.165) is 30.4 Å². The first-order valence-corrected chi connectivity index (χ1v) is 5.17. The molecule has 1 aliphatic heterocycles. The molecule has 3 nitrogen and oxygen atoms in total. The minimum atomic E-state index is -0.923. The van der Waals surface area contributed by atoms with Gasteiger partial charge in [0.05, 0.1) is 0 Å². The fourth-order valence-corrected chi connectivity index (χ4v) is 1.65. The number of hydrogen-bond acceptors (Lipinski definition) is 2. The van der Waals surface area contributed by atoms with Gasteiger partial charge in [-0.25, -0.2) is 4.79 Å². The number of nitrogens with zero attached hydrogens (tertiary/aromatic N) is 1. The number of anilines is 1. The second-order valence-corrected chi connectivity index (χ2v) is 3.64. The molecule has 2 rings (SSSR count). The van der Waals surface area contributed by atoms with Crippen molar-refractivity contribution in [2.45, 2.75) is 0 Å². The molecule has 1 aromatic carbocycles. The van der Waals surface area contributed by atoms with Gasteiger partial charge in [0.25, 0.3) is 0 Å². The highest BCUT2D eigenvalue weighted by Gasteiger charge is 2.06. The van der Waals surface area contributed by atoms with E-state index in [4.69, 9.17) is 5.11 Å². The second-order valence-electron chi connectivity index (χ2n) is 3.64. The van der Waals surface area contributed by atoms with E-state index in [-0.39, 0.29) is 0 Å². The third kappa shape index (κ3) is 2.51. The molecule has 1 heterocycles. The van der Waals surface area contributed by atoms with E-state index in [1.165, 1.54) is 0 Å². The second kappa shape index (κ2) is 4.66. The maximum Gasteiger partial charge on any atom is 0.328 e. The van der Waals surface area contributed by atoms with Crippen LogP contribution in [0.5, 0.6) is 0 Å². The van der Waals surface area contributed by atoms with Crippen LogP contribution in [-0.2, 0) is 4.79 Å². The van der Waals surface area contributed by atoms with Crippen molar-refractivity contribution in [2.24, 2.45) is 0 Å². The van der Waals surface area contributed by atoms with Crippen LogP contribution in [0, 0.1) is 0 Å². The van der Waals surface area contributed by atoms with E-state index in [9.17, 15) is 4.79 Å².